The summed E-state index contributed by atoms with van der Waals surface area (Å²) in [5, 5.41) is 3.00. The molecule has 26 heavy (non-hydrogen) atoms. The molecule has 1 atom stereocenters. The van der Waals surface area contributed by atoms with E-state index in [2.05, 4.69) is 10.1 Å². The van der Waals surface area contributed by atoms with Gasteiger partial charge in [0.1, 0.15) is 11.5 Å². The Kier molecular flexibility index (Phi) is 6.86. The Morgan fingerprint density at radius 2 is 1.85 bits per heavy atom. The third-order valence-electron chi connectivity index (χ3n) is 3.63. The first-order valence-corrected chi connectivity index (χ1v) is 8.35. The number of halogens is 1. The van der Waals surface area contributed by atoms with Crippen molar-refractivity contribution in [2.24, 2.45) is 0 Å². The lowest BCUT2D eigenvalue weighted by Gasteiger charge is -2.18. The van der Waals surface area contributed by atoms with Crippen molar-refractivity contribution in [1.82, 2.24) is 0 Å². The van der Waals surface area contributed by atoms with Gasteiger partial charge in [-0.2, -0.15) is 0 Å². The molecule has 0 aromatic heterocycles. The summed E-state index contributed by atoms with van der Waals surface area (Å²) in [6.07, 6.45) is -0.294. The third kappa shape index (κ3) is 4.89. The van der Waals surface area contributed by atoms with E-state index < -0.39 is 12.1 Å². The maximum absolute atomic E-state index is 12.6. The third-order valence-corrected chi connectivity index (χ3v) is 3.96. The normalized spacial score (nSPS) is 11.4. The fraction of sp³-hybridized carbons (Fsp3) is 0.263. The highest BCUT2D eigenvalue weighted by Crippen LogP contribution is 2.25. The number of methoxy groups -OCH3 is 2. The predicted molar refractivity (Wildman–Crippen MR) is 99.1 cm³/mol. The van der Waals surface area contributed by atoms with Crippen LogP contribution in [0.15, 0.2) is 42.5 Å². The van der Waals surface area contributed by atoms with Gasteiger partial charge in [0.15, 0.2) is 6.10 Å². The largest absolute Gasteiger partial charge is 0.497 e. The molecule has 138 valence electrons. The van der Waals surface area contributed by atoms with Crippen LogP contribution >= 0.6 is 11.6 Å². The van der Waals surface area contributed by atoms with Gasteiger partial charge in [-0.3, -0.25) is 4.79 Å². The zero-order chi connectivity index (χ0) is 19.1. The fourth-order valence-corrected chi connectivity index (χ4v) is 2.40. The number of anilines is 1. The minimum atomic E-state index is -0.736. The van der Waals surface area contributed by atoms with E-state index in [4.69, 9.17) is 21.1 Å². The van der Waals surface area contributed by atoms with Crippen molar-refractivity contribution in [3.63, 3.8) is 0 Å². The van der Waals surface area contributed by atoms with Gasteiger partial charge in [0.05, 0.1) is 30.5 Å². The van der Waals surface area contributed by atoms with Crippen LogP contribution in [-0.2, 0) is 9.53 Å². The van der Waals surface area contributed by atoms with Crippen LogP contribution in [0.1, 0.15) is 23.7 Å². The molecule has 1 amide bonds. The van der Waals surface area contributed by atoms with Gasteiger partial charge in [0, 0.05) is 6.07 Å². The van der Waals surface area contributed by atoms with E-state index in [9.17, 15) is 9.59 Å². The van der Waals surface area contributed by atoms with E-state index in [-0.39, 0.29) is 11.5 Å². The van der Waals surface area contributed by atoms with Crippen molar-refractivity contribution in [2.45, 2.75) is 19.4 Å². The standard InChI is InChI=1S/C19H20ClNO5/c1-4-17(26-14-7-5-6-13(11-14)24-2)18(22)21-16-10-12(19(23)25-3)8-9-15(16)20/h5-11,17H,4H2,1-3H3,(H,21,22)/t17-/m1/s1. The maximum atomic E-state index is 12.6. The van der Waals surface area contributed by atoms with Gasteiger partial charge in [0.2, 0.25) is 0 Å². The highest BCUT2D eigenvalue weighted by atomic mass is 35.5. The molecule has 0 unspecified atom stereocenters. The molecule has 6 nitrogen and oxygen atoms in total. The molecule has 0 saturated heterocycles. The van der Waals surface area contributed by atoms with Gasteiger partial charge in [-0.05, 0) is 36.8 Å². The summed E-state index contributed by atoms with van der Waals surface area (Å²) in [7, 11) is 2.84. The summed E-state index contributed by atoms with van der Waals surface area (Å²) in [6, 6.07) is 11.5. The van der Waals surface area contributed by atoms with Gasteiger partial charge in [0.25, 0.3) is 5.91 Å². The molecule has 2 aromatic rings. The molecular formula is C19H20ClNO5. The van der Waals surface area contributed by atoms with Crippen LogP contribution < -0.4 is 14.8 Å². The molecule has 0 aliphatic carbocycles. The summed E-state index contributed by atoms with van der Waals surface area (Å²) in [6.45, 7) is 1.83. The van der Waals surface area contributed by atoms with Gasteiger partial charge >= 0.3 is 5.97 Å². The van der Waals surface area contributed by atoms with Gasteiger partial charge in [-0.1, -0.05) is 24.6 Å². The van der Waals surface area contributed by atoms with E-state index in [0.717, 1.165) is 0 Å². The molecule has 0 bridgehead atoms. The molecule has 2 rings (SSSR count). The van der Waals surface area contributed by atoms with Crippen molar-refractivity contribution < 1.29 is 23.8 Å². The molecule has 2 aromatic carbocycles. The van der Waals surface area contributed by atoms with Crippen LogP contribution in [0, 0.1) is 0 Å². The van der Waals surface area contributed by atoms with Crippen molar-refractivity contribution in [3.05, 3.63) is 53.1 Å². The predicted octanol–water partition coefficient (Wildman–Crippen LogP) is 3.93. The SMILES string of the molecule is CC[C@@H](Oc1cccc(OC)c1)C(=O)Nc1cc(C(=O)OC)ccc1Cl. The highest BCUT2D eigenvalue weighted by Gasteiger charge is 2.20. The first-order chi connectivity index (χ1) is 12.5. The maximum Gasteiger partial charge on any atom is 0.337 e. The Morgan fingerprint density at radius 3 is 2.50 bits per heavy atom. The first kappa shape index (κ1) is 19.6. The van der Waals surface area contributed by atoms with Crippen LogP contribution in [0.4, 0.5) is 5.69 Å². The second kappa shape index (κ2) is 9.10. The molecule has 0 radical (unpaired) electrons. The zero-order valence-electron chi connectivity index (χ0n) is 14.7. The summed E-state index contributed by atoms with van der Waals surface area (Å²) in [5.74, 6) is 0.253. The number of hydrogen-bond acceptors (Lipinski definition) is 5. The number of nitrogens with one attached hydrogen (secondary N) is 1. The lowest BCUT2D eigenvalue weighted by atomic mass is 10.2. The second-order valence-corrected chi connectivity index (χ2v) is 5.78. The number of ether oxygens (including phenoxy) is 3. The van der Waals surface area contributed by atoms with Crippen LogP contribution in [0.2, 0.25) is 5.02 Å². The van der Waals surface area contributed by atoms with E-state index in [1.54, 1.807) is 31.4 Å². The molecule has 0 fully saturated rings. The lowest BCUT2D eigenvalue weighted by Crippen LogP contribution is -2.32. The molecule has 0 saturated carbocycles. The minimum Gasteiger partial charge on any atom is -0.497 e. The average Bonchev–Trinajstić information content (AvgIpc) is 2.67. The van der Waals surface area contributed by atoms with Crippen molar-refractivity contribution in [3.8, 4) is 11.5 Å². The number of carbonyl (C=O) groups is 2. The van der Waals surface area contributed by atoms with Crippen LogP contribution in [0.25, 0.3) is 0 Å². The highest BCUT2D eigenvalue weighted by molar-refractivity contribution is 6.33. The van der Waals surface area contributed by atoms with Gasteiger partial charge < -0.3 is 19.5 Å². The smallest absolute Gasteiger partial charge is 0.337 e. The van der Waals surface area contributed by atoms with E-state index in [0.29, 0.717) is 28.6 Å². The Balaban J connectivity index is 2.15. The number of carbonyl (C=O) groups excluding carboxylic acids is 2. The van der Waals surface area contributed by atoms with Gasteiger partial charge in [-0.25, -0.2) is 4.79 Å². The molecule has 0 aliphatic heterocycles. The Bertz CT molecular complexity index is 793. The lowest BCUT2D eigenvalue weighted by molar-refractivity contribution is -0.122. The molecular weight excluding hydrogens is 358 g/mol. The van der Waals surface area contributed by atoms with E-state index >= 15 is 0 Å². The summed E-state index contributed by atoms with van der Waals surface area (Å²) in [4.78, 5) is 24.2. The Morgan fingerprint density at radius 1 is 1.12 bits per heavy atom. The van der Waals surface area contributed by atoms with Crippen LogP contribution in [0.5, 0.6) is 11.5 Å². The summed E-state index contributed by atoms with van der Waals surface area (Å²) >= 11 is 6.11. The second-order valence-electron chi connectivity index (χ2n) is 5.37. The average molecular weight is 378 g/mol. The molecule has 0 aliphatic rings. The van der Waals surface area contributed by atoms with Crippen LogP contribution in [0.3, 0.4) is 0 Å². The molecule has 0 heterocycles. The first-order valence-electron chi connectivity index (χ1n) is 7.98. The number of amides is 1. The number of esters is 1. The number of hydrogen-bond donors (Lipinski definition) is 1. The van der Waals surface area contributed by atoms with Crippen molar-refractivity contribution in [2.75, 3.05) is 19.5 Å². The monoisotopic (exact) mass is 377 g/mol. The molecule has 0 spiro atoms. The molecule has 7 heteroatoms. The van der Waals surface area contributed by atoms with E-state index in [1.807, 2.05) is 6.92 Å². The zero-order valence-corrected chi connectivity index (χ0v) is 15.5. The Labute approximate surface area is 157 Å². The fourth-order valence-electron chi connectivity index (χ4n) is 2.24. The number of benzene rings is 2. The molecule has 1 N–H and O–H groups in total. The van der Waals surface area contributed by atoms with Crippen molar-refractivity contribution in [1.29, 1.82) is 0 Å². The van der Waals surface area contributed by atoms with Gasteiger partial charge in [-0.15, -0.1) is 0 Å². The quantitative estimate of drug-likeness (QED) is 0.740. The summed E-state index contributed by atoms with van der Waals surface area (Å²) in [5.41, 5.74) is 0.598. The topological polar surface area (TPSA) is 73.9 Å². The Hall–Kier alpha value is -2.73. The van der Waals surface area contributed by atoms with E-state index in [1.165, 1.54) is 25.3 Å². The summed E-state index contributed by atoms with van der Waals surface area (Å²) < 4.78 is 15.6. The minimum absolute atomic E-state index is 0.286. The number of rotatable bonds is 7. The van der Waals surface area contributed by atoms with Crippen LogP contribution in [-0.4, -0.2) is 32.2 Å². The van der Waals surface area contributed by atoms with Crippen molar-refractivity contribution >= 4 is 29.2 Å².